The van der Waals surface area contributed by atoms with Crippen molar-refractivity contribution >= 4 is 12.7 Å². The Bertz CT molecular complexity index is 1040. The molecule has 0 aromatic heterocycles. The summed E-state index contributed by atoms with van der Waals surface area (Å²) in [5.74, 6) is -0.811. The quantitative estimate of drug-likeness (QED) is 0.679. The van der Waals surface area contributed by atoms with Crippen LogP contribution in [0.3, 0.4) is 0 Å². The van der Waals surface area contributed by atoms with Crippen LogP contribution in [-0.4, -0.2) is 26.5 Å². The van der Waals surface area contributed by atoms with E-state index < -0.39 is 19.0 Å². The van der Waals surface area contributed by atoms with Gasteiger partial charge in [0.25, 0.3) is 0 Å². The number of hydrogen-bond acceptors (Lipinski definition) is 6. The number of nitriles is 1. The second-order valence-electron chi connectivity index (χ2n) is 7.04. The Labute approximate surface area is 168 Å². The van der Waals surface area contributed by atoms with Crippen LogP contribution in [0.15, 0.2) is 30.3 Å². The monoisotopic (exact) mass is 417 g/mol. The lowest BCUT2D eigenvalue weighted by Crippen LogP contribution is -2.30. The van der Waals surface area contributed by atoms with Gasteiger partial charge in [-0.05, 0) is 37.6 Å². The van der Waals surface area contributed by atoms with Gasteiger partial charge in [-0.15, -0.1) is 0 Å². The van der Waals surface area contributed by atoms with Gasteiger partial charge >= 0.3 is 0 Å². The first-order valence-electron chi connectivity index (χ1n) is 9.44. The highest BCUT2D eigenvalue weighted by molar-refractivity contribution is 7.66. The zero-order valence-corrected chi connectivity index (χ0v) is 17.1. The van der Waals surface area contributed by atoms with E-state index in [4.69, 9.17) is 24.0 Å². The number of nitrogens with zero attached hydrogens (tertiary/aromatic N) is 1. The van der Waals surface area contributed by atoms with Gasteiger partial charge in [0.15, 0.2) is 5.79 Å². The molecule has 2 aliphatic rings. The van der Waals surface area contributed by atoms with Gasteiger partial charge in [-0.3, -0.25) is 4.57 Å². The number of benzene rings is 2. The fourth-order valence-electron chi connectivity index (χ4n) is 4.01. The lowest BCUT2D eigenvalue weighted by atomic mass is 10.1. The lowest BCUT2D eigenvalue weighted by molar-refractivity contribution is -0.162. The highest BCUT2D eigenvalue weighted by Crippen LogP contribution is 2.52. The number of hydrogen-bond donors (Lipinski definition) is 0. The highest BCUT2D eigenvalue weighted by atomic mass is 31.2. The minimum atomic E-state index is -3.11. The number of ether oxygens (including phenoxy) is 3. The van der Waals surface area contributed by atoms with E-state index in [1.165, 1.54) is 12.1 Å². The van der Waals surface area contributed by atoms with Crippen molar-refractivity contribution in [1.29, 1.82) is 5.26 Å². The van der Waals surface area contributed by atoms with Gasteiger partial charge < -0.3 is 18.7 Å². The first-order valence-corrected chi connectivity index (χ1v) is 11.5. The Morgan fingerprint density at radius 3 is 2.72 bits per heavy atom. The van der Waals surface area contributed by atoms with Crippen molar-refractivity contribution in [3.8, 4) is 17.6 Å². The van der Waals surface area contributed by atoms with Crippen LogP contribution in [0.1, 0.15) is 30.0 Å². The van der Waals surface area contributed by atoms with Gasteiger partial charge in [0, 0.05) is 35.6 Å². The summed E-state index contributed by atoms with van der Waals surface area (Å²) in [5, 5.41) is 9.63. The van der Waals surface area contributed by atoms with Crippen LogP contribution < -0.4 is 10.0 Å². The molecule has 1 fully saturated rings. The van der Waals surface area contributed by atoms with Gasteiger partial charge in [0.2, 0.25) is 7.37 Å². The third-order valence-corrected chi connectivity index (χ3v) is 7.13. The molecule has 0 radical (unpaired) electrons. The van der Waals surface area contributed by atoms with E-state index >= 15 is 0 Å². The van der Waals surface area contributed by atoms with E-state index in [1.54, 1.807) is 25.7 Å². The van der Waals surface area contributed by atoms with Gasteiger partial charge in [0.1, 0.15) is 17.3 Å². The van der Waals surface area contributed by atoms with Crippen molar-refractivity contribution in [3.63, 3.8) is 0 Å². The van der Waals surface area contributed by atoms with Crippen LogP contribution in [-0.2, 0) is 30.8 Å². The minimum absolute atomic E-state index is 0.168. The third-order valence-electron chi connectivity index (χ3n) is 5.13. The molecule has 1 unspecified atom stereocenters. The molecule has 1 aliphatic carbocycles. The van der Waals surface area contributed by atoms with E-state index in [-0.39, 0.29) is 11.3 Å². The van der Waals surface area contributed by atoms with Crippen LogP contribution in [0.4, 0.5) is 4.39 Å². The maximum atomic E-state index is 13.8. The first-order chi connectivity index (χ1) is 13.9. The summed E-state index contributed by atoms with van der Waals surface area (Å²) in [6, 6.07) is 9.16. The van der Waals surface area contributed by atoms with E-state index in [2.05, 4.69) is 0 Å². The molecule has 6 nitrogen and oxygen atoms in total. The lowest BCUT2D eigenvalue weighted by Gasteiger charge is -2.27. The summed E-state index contributed by atoms with van der Waals surface area (Å²) >= 11 is 0. The van der Waals surface area contributed by atoms with E-state index in [0.717, 1.165) is 11.6 Å². The molecule has 1 aliphatic heterocycles. The maximum absolute atomic E-state index is 13.8. The van der Waals surface area contributed by atoms with Crippen LogP contribution >= 0.6 is 7.37 Å². The Kier molecular flexibility index (Phi) is 5.22. The summed E-state index contributed by atoms with van der Waals surface area (Å²) in [6.45, 7) is 4.59. The molecule has 0 amide bonds. The average Bonchev–Trinajstić information content (AvgIpc) is 3.30. The number of halogens is 1. The summed E-state index contributed by atoms with van der Waals surface area (Å²) in [5.41, 5.74) is 1.65. The number of rotatable bonds is 5. The van der Waals surface area contributed by atoms with E-state index in [9.17, 15) is 8.96 Å². The molecular weight excluding hydrogens is 396 g/mol. The van der Waals surface area contributed by atoms with Gasteiger partial charge in [0.05, 0.1) is 31.5 Å². The van der Waals surface area contributed by atoms with E-state index in [1.807, 2.05) is 6.07 Å². The summed E-state index contributed by atoms with van der Waals surface area (Å²) in [4.78, 5) is 0. The molecule has 29 heavy (non-hydrogen) atoms. The second-order valence-corrected chi connectivity index (χ2v) is 9.47. The smallest absolute Gasteiger partial charge is 0.229 e. The fourth-order valence-corrected chi connectivity index (χ4v) is 5.70. The summed E-state index contributed by atoms with van der Waals surface area (Å²) in [6.07, 6.45) is 1.15. The molecule has 152 valence electrons. The van der Waals surface area contributed by atoms with Crippen LogP contribution in [0.2, 0.25) is 0 Å². The molecule has 1 spiro atoms. The van der Waals surface area contributed by atoms with Crippen molar-refractivity contribution in [3.05, 3.63) is 52.8 Å². The van der Waals surface area contributed by atoms with Crippen molar-refractivity contribution in [2.75, 3.05) is 26.5 Å². The molecule has 4 rings (SSSR count). The van der Waals surface area contributed by atoms with Crippen LogP contribution in [0, 0.1) is 17.1 Å². The van der Waals surface area contributed by atoms with Gasteiger partial charge in [-0.25, -0.2) is 4.39 Å². The fraction of sp³-hybridized carbons (Fsp3) is 0.381. The molecule has 0 N–H and O–H groups in total. The average molecular weight is 417 g/mol. The highest BCUT2D eigenvalue weighted by Gasteiger charge is 2.49. The number of fused-ring (bicyclic) bond motifs is 2. The third kappa shape index (κ3) is 3.58. The topological polar surface area (TPSA) is 77.8 Å². The Morgan fingerprint density at radius 2 is 2.03 bits per heavy atom. The summed E-state index contributed by atoms with van der Waals surface area (Å²) < 4.78 is 50.5. The first kappa shape index (κ1) is 20.1. The van der Waals surface area contributed by atoms with Crippen molar-refractivity contribution in [2.24, 2.45) is 0 Å². The van der Waals surface area contributed by atoms with Crippen molar-refractivity contribution < 1.29 is 27.7 Å². The molecular formula is C21H21FNO5P. The maximum Gasteiger partial charge on any atom is 0.229 e. The zero-order chi connectivity index (χ0) is 20.6. The molecule has 1 saturated heterocycles. The predicted octanol–water partition coefficient (Wildman–Crippen LogP) is 4.21. The van der Waals surface area contributed by atoms with Crippen molar-refractivity contribution in [2.45, 2.75) is 25.6 Å². The standard InChI is InChI=1S/C21H21FNO5P/c1-3-27-29(2,24)19-5-4-18(28-16-11-14(13-23)10-15(22)12-16)17-6-7-21(20(17)19)25-8-9-26-21/h4-5,10-12H,3,6-9H2,1-2H3. The molecule has 1 atom stereocenters. The molecule has 0 saturated carbocycles. The molecule has 2 aromatic carbocycles. The van der Waals surface area contributed by atoms with Gasteiger partial charge in [-0.2, -0.15) is 5.26 Å². The Balaban J connectivity index is 1.83. The Morgan fingerprint density at radius 1 is 1.28 bits per heavy atom. The van der Waals surface area contributed by atoms with Crippen molar-refractivity contribution in [1.82, 2.24) is 0 Å². The van der Waals surface area contributed by atoms with E-state index in [0.29, 0.717) is 49.3 Å². The van der Waals surface area contributed by atoms with Gasteiger partial charge in [-0.1, -0.05) is 0 Å². The minimum Gasteiger partial charge on any atom is -0.457 e. The molecule has 1 heterocycles. The normalized spacial score (nSPS) is 19.0. The molecule has 8 heteroatoms. The summed E-state index contributed by atoms with van der Waals surface area (Å²) in [7, 11) is -3.11. The Hall–Kier alpha value is -2.23. The SMILES string of the molecule is CCOP(C)(=O)c1ccc(Oc2cc(F)cc(C#N)c2)c2c1C1(CC2)OCCO1. The van der Waals surface area contributed by atoms with Crippen LogP contribution in [0.25, 0.3) is 0 Å². The molecule has 2 aromatic rings. The molecule has 0 bridgehead atoms. The zero-order valence-electron chi connectivity index (χ0n) is 16.2. The second kappa shape index (κ2) is 7.55. The van der Waals surface area contributed by atoms with Crippen LogP contribution in [0.5, 0.6) is 11.5 Å². The predicted molar refractivity (Wildman–Crippen MR) is 104 cm³/mol. The largest absolute Gasteiger partial charge is 0.457 e.